The Morgan fingerprint density at radius 1 is 1.02 bits per heavy atom. The molecule has 2 saturated carbocycles. The molecule has 2 aliphatic rings. The standard InChI is InChI=1S/C32H30FN3O4/c1-34-30(38)27-4-2-3-26(35-27)21-7-5-19(6-8-21)18-36-12-11-23-25(33)10-9-24(29(23)36)28(37)13-20-14-32(15-20)16-22(17-32)31(39)40/h2-12,20,22H,13-18H2,1H3,(H,34,38)(H,39,40). The lowest BCUT2D eigenvalue weighted by atomic mass is 9.47. The number of Topliss-reactive ketones (excluding diaryl/α,β-unsaturated/α-hetero) is 1. The fourth-order valence-corrected chi connectivity index (χ4v) is 6.65. The number of hydrogen-bond donors (Lipinski definition) is 2. The first kappa shape index (κ1) is 25.9. The molecule has 0 atom stereocenters. The second-order valence-corrected chi connectivity index (χ2v) is 11.3. The van der Waals surface area contributed by atoms with E-state index in [0.29, 0.717) is 53.7 Å². The van der Waals surface area contributed by atoms with E-state index in [2.05, 4.69) is 10.3 Å². The van der Waals surface area contributed by atoms with E-state index in [1.54, 1.807) is 31.3 Å². The van der Waals surface area contributed by atoms with Gasteiger partial charge in [-0.15, -0.1) is 0 Å². The van der Waals surface area contributed by atoms with E-state index < -0.39 is 5.97 Å². The third-order valence-corrected chi connectivity index (χ3v) is 8.61. The molecule has 2 aromatic heterocycles. The Kier molecular flexibility index (Phi) is 6.49. The minimum absolute atomic E-state index is 0.00340. The molecule has 7 nitrogen and oxygen atoms in total. The summed E-state index contributed by atoms with van der Waals surface area (Å²) < 4.78 is 16.6. The van der Waals surface area contributed by atoms with Gasteiger partial charge in [0.2, 0.25) is 0 Å². The highest BCUT2D eigenvalue weighted by atomic mass is 19.1. The van der Waals surface area contributed by atoms with Crippen molar-refractivity contribution in [1.82, 2.24) is 14.9 Å². The lowest BCUT2D eigenvalue weighted by Gasteiger charge is -2.56. The zero-order chi connectivity index (χ0) is 28.0. The molecule has 0 aliphatic heterocycles. The Morgan fingerprint density at radius 3 is 2.48 bits per heavy atom. The Labute approximate surface area is 231 Å². The molecule has 8 heteroatoms. The van der Waals surface area contributed by atoms with Gasteiger partial charge in [-0.1, -0.05) is 30.3 Å². The van der Waals surface area contributed by atoms with Crippen LogP contribution in [0.1, 0.15) is 58.5 Å². The van der Waals surface area contributed by atoms with Gasteiger partial charge in [-0.25, -0.2) is 9.37 Å². The van der Waals surface area contributed by atoms with Crippen LogP contribution in [0, 0.1) is 23.1 Å². The number of amides is 1. The van der Waals surface area contributed by atoms with Crippen molar-refractivity contribution < 1.29 is 23.9 Å². The summed E-state index contributed by atoms with van der Waals surface area (Å²) in [7, 11) is 1.57. The van der Waals surface area contributed by atoms with Crippen LogP contribution in [0.15, 0.2) is 66.9 Å². The van der Waals surface area contributed by atoms with Crippen LogP contribution in [-0.4, -0.2) is 39.4 Å². The predicted molar refractivity (Wildman–Crippen MR) is 149 cm³/mol. The minimum Gasteiger partial charge on any atom is -0.481 e. The number of carbonyl (C=O) groups excluding carboxylic acids is 2. The Morgan fingerprint density at radius 2 is 1.77 bits per heavy atom. The third kappa shape index (κ3) is 4.68. The number of halogens is 1. The van der Waals surface area contributed by atoms with E-state index >= 15 is 0 Å². The van der Waals surface area contributed by atoms with E-state index in [1.165, 1.54) is 6.07 Å². The largest absolute Gasteiger partial charge is 0.481 e. The minimum atomic E-state index is -0.721. The van der Waals surface area contributed by atoms with Crippen LogP contribution in [0.2, 0.25) is 0 Å². The summed E-state index contributed by atoms with van der Waals surface area (Å²) in [6.07, 6.45) is 5.41. The normalized spacial score (nSPS) is 21.6. The van der Waals surface area contributed by atoms with Gasteiger partial charge >= 0.3 is 5.97 Å². The van der Waals surface area contributed by atoms with Gasteiger partial charge in [-0.2, -0.15) is 0 Å². The van der Waals surface area contributed by atoms with Crippen LogP contribution < -0.4 is 5.32 Å². The van der Waals surface area contributed by atoms with Crippen molar-refractivity contribution in [2.24, 2.45) is 17.3 Å². The molecule has 4 aromatic rings. The van der Waals surface area contributed by atoms with Gasteiger partial charge in [0, 0.05) is 42.7 Å². The number of aromatic nitrogens is 2. The molecule has 2 N–H and O–H groups in total. The number of aliphatic carboxylic acids is 1. The predicted octanol–water partition coefficient (Wildman–Crippen LogP) is 5.71. The molecule has 0 saturated heterocycles. The van der Waals surface area contributed by atoms with Crippen molar-refractivity contribution in [3.63, 3.8) is 0 Å². The Hall–Kier alpha value is -4.33. The molecule has 0 radical (unpaired) electrons. The van der Waals surface area contributed by atoms with Gasteiger partial charge in [0.15, 0.2) is 5.78 Å². The van der Waals surface area contributed by atoms with E-state index in [9.17, 15) is 23.9 Å². The van der Waals surface area contributed by atoms with Crippen LogP contribution in [0.5, 0.6) is 0 Å². The quantitative estimate of drug-likeness (QED) is 0.279. The molecule has 0 bridgehead atoms. The van der Waals surface area contributed by atoms with Gasteiger partial charge in [0.05, 0.1) is 17.1 Å². The molecular formula is C32H30FN3O4. The lowest BCUT2D eigenvalue weighted by molar-refractivity contribution is -0.157. The number of rotatable bonds is 8. The van der Waals surface area contributed by atoms with Gasteiger partial charge in [0.25, 0.3) is 5.91 Å². The maximum absolute atomic E-state index is 14.7. The monoisotopic (exact) mass is 539 g/mol. The van der Waals surface area contributed by atoms with Crippen molar-refractivity contribution in [2.75, 3.05) is 7.05 Å². The zero-order valence-electron chi connectivity index (χ0n) is 22.2. The summed E-state index contributed by atoms with van der Waals surface area (Å²) >= 11 is 0. The highest BCUT2D eigenvalue weighted by Gasteiger charge is 2.54. The van der Waals surface area contributed by atoms with Crippen LogP contribution >= 0.6 is 0 Å². The summed E-state index contributed by atoms with van der Waals surface area (Å²) in [6.45, 7) is 0.461. The zero-order valence-corrected chi connectivity index (χ0v) is 22.2. The summed E-state index contributed by atoms with van der Waals surface area (Å²) in [5, 5.41) is 12.2. The molecule has 2 fully saturated rings. The van der Waals surface area contributed by atoms with Gasteiger partial charge in [-0.3, -0.25) is 14.4 Å². The smallest absolute Gasteiger partial charge is 0.306 e. The van der Waals surface area contributed by atoms with Crippen LogP contribution in [-0.2, 0) is 11.3 Å². The number of hydrogen-bond acceptors (Lipinski definition) is 4. The van der Waals surface area contributed by atoms with E-state index in [0.717, 1.165) is 24.0 Å². The van der Waals surface area contributed by atoms with Crippen molar-refractivity contribution in [2.45, 2.75) is 38.6 Å². The number of carboxylic acid groups (broad SMARTS) is 1. The van der Waals surface area contributed by atoms with Crippen molar-refractivity contribution >= 4 is 28.6 Å². The van der Waals surface area contributed by atoms with Crippen molar-refractivity contribution in [3.05, 3.63) is 89.5 Å². The first-order chi connectivity index (χ1) is 19.2. The van der Waals surface area contributed by atoms with Gasteiger partial charge in [-0.05, 0) is 72.9 Å². The number of carboxylic acids is 1. The van der Waals surface area contributed by atoms with Crippen molar-refractivity contribution in [3.8, 4) is 11.3 Å². The fourth-order valence-electron chi connectivity index (χ4n) is 6.65. The molecule has 2 heterocycles. The molecule has 2 aliphatic carbocycles. The maximum Gasteiger partial charge on any atom is 0.306 e. The van der Waals surface area contributed by atoms with Crippen LogP contribution in [0.3, 0.4) is 0 Å². The summed E-state index contributed by atoms with van der Waals surface area (Å²) in [6, 6.07) is 17.8. The Balaban J connectivity index is 1.18. The van der Waals surface area contributed by atoms with Gasteiger partial charge in [0.1, 0.15) is 11.5 Å². The first-order valence-electron chi connectivity index (χ1n) is 13.6. The number of benzene rings is 2. The maximum atomic E-state index is 14.7. The number of nitrogens with one attached hydrogen (secondary N) is 1. The second-order valence-electron chi connectivity index (χ2n) is 11.3. The Bertz CT molecular complexity index is 1630. The molecule has 1 amide bonds. The molecule has 6 rings (SSSR count). The van der Waals surface area contributed by atoms with E-state index in [4.69, 9.17) is 0 Å². The molecule has 40 heavy (non-hydrogen) atoms. The highest BCUT2D eigenvalue weighted by molar-refractivity contribution is 6.07. The first-order valence-corrected chi connectivity index (χ1v) is 13.6. The molecule has 204 valence electrons. The molecule has 1 spiro atoms. The average Bonchev–Trinajstić information content (AvgIpc) is 3.33. The topological polar surface area (TPSA) is 101 Å². The van der Waals surface area contributed by atoms with E-state index in [1.807, 2.05) is 41.1 Å². The third-order valence-electron chi connectivity index (χ3n) is 8.61. The number of ketones is 1. The number of nitrogens with zero attached hydrogens (tertiary/aromatic N) is 2. The summed E-state index contributed by atoms with van der Waals surface area (Å²) in [5.74, 6) is -1.33. The van der Waals surface area contributed by atoms with Crippen LogP contribution in [0.25, 0.3) is 22.2 Å². The highest BCUT2D eigenvalue weighted by Crippen LogP contribution is 2.62. The lowest BCUT2D eigenvalue weighted by Crippen LogP contribution is -2.50. The SMILES string of the molecule is CNC(=O)c1cccc(-c2ccc(Cn3ccc4c(F)ccc(C(=O)CC5CC6(C5)CC(C(=O)O)C6)c43)cc2)n1. The van der Waals surface area contributed by atoms with E-state index in [-0.39, 0.29) is 34.8 Å². The number of carbonyl (C=O) groups is 3. The van der Waals surface area contributed by atoms with Crippen molar-refractivity contribution in [1.29, 1.82) is 0 Å². The number of pyridine rings is 1. The fraction of sp³-hybridized carbons (Fsp3) is 0.312. The van der Waals surface area contributed by atoms with Crippen LogP contribution in [0.4, 0.5) is 4.39 Å². The molecular weight excluding hydrogens is 509 g/mol. The summed E-state index contributed by atoms with van der Waals surface area (Å²) in [4.78, 5) is 41.0. The van der Waals surface area contributed by atoms with Gasteiger partial charge < -0.3 is 15.0 Å². The average molecular weight is 540 g/mol. The molecule has 2 aromatic carbocycles. The summed E-state index contributed by atoms with van der Waals surface area (Å²) in [5.41, 5.74) is 4.10. The second kappa shape index (κ2) is 10.0. The molecule has 0 unspecified atom stereocenters. The number of fused-ring (bicyclic) bond motifs is 1.